The molecule has 1 atom stereocenters. The van der Waals surface area contributed by atoms with Crippen molar-refractivity contribution in [3.05, 3.63) is 35.2 Å². The van der Waals surface area contributed by atoms with E-state index in [0.29, 0.717) is 22.9 Å². The second-order valence-electron chi connectivity index (χ2n) is 6.05. The monoisotopic (exact) mass is 367 g/mol. The third-order valence-corrected chi connectivity index (χ3v) is 4.68. The molecule has 1 aliphatic heterocycles. The highest BCUT2D eigenvalue weighted by molar-refractivity contribution is 7.14. The zero-order valence-electron chi connectivity index (χ0n) is 13.8. The Hall–Kier alpha value is -1.90. The molecule has 1 aromatic carbocycles. The summed E-state index contributed by atoms with van der Waals surface area (Å²) in [5.74, 6) is -2.00. The quantitative estimate of drug-likeness (QED) is 0.852. The number of thiazole rings is 1. The highest BCUT2D eigenvalue weighted by Gasteiger charge is 2.19. The lowest BCUT2D eigenvalue weighted by molar-refractivity contribution is -0.117. The molecule has 2 aromatic rings. The van der Waals surface area contributed by atoms with Crippen LogP contribution in [0.2, 0.25) is 0 Å². The molecule has 1 N–H and O–H groups in total. The number of hydrogen-bond donors (Lipinski definition) is 1. The number of benzene rings is 1. The fourth-order valence-electron chi connectivity index (χ4n) is 2.72. The minimum absolute atomic E-state index is 0.174. The molecule has 134 valence electrons. The highest BCUT2D eigenvalue weighted by Crippen LogP contribution is 2.26. The first kappa shape index (κ1) is 17.9. The number of nitrogens with one attached hydrogen (secondary N) is 1. The molecule has 1 saturated heterocycles. The standard InChI is InChI=1S/C17H19F2N3O2S/c1-22(8-12-3-2-6-24-12)9-16(23)21-17-20-15(10-25-17)11-4-5-13(18)14(19)7-11/h4-5,7,10,12H,2-3,6,8-9H2,1H3,(H,20,21,23). The predicted molar refractivity (Wildman–Crippen MR) is 92.6 cm³/mol. The second-order valence-corrected chi connectivity index (χ2v) is 6.90. The smallest absolute Gasteiger partial charge is 0.240 e. The van der Waals surface area contributed by atoms with Gasteiger partial charge in [0, 0.05) is 24.1 Å². The van der Waals surface area contributed by atoms with Gasteiger partial charge in [-0.2, -0.15) is 0 Å². The van der Waals surface area contributed by atoms with Gasteiger partial charge in [-0.3, -0.25) is 9.69 Å². The fourth-order valence-corrected chi connectivity index (χ4v) is 3.46. The van der Waals surface area contributed by atoms with E-state index in [1.807, 2.05) is 11.9 Å². The number of amides is 1. The number of aromatic nitrogens is 1. The Labute approximate surface area is 148 Å². The Morgan fingerprint density at radius 2 is 2.28 bits per heavy atom. The second kappa shape index (κ2) is 7.99. The summed E-state index contributed by atoms with van der Waals surface area (Å²) in [6.07, 6.45) is 2.28. The average molecular weight is 367 g/mol. The lowest BCUT2D eigenvalue weighted by Gasteiger charge is -2.19. The molecule has 1 amide bonds. The molecular weight excluding hydrogens is 348 g/mol. The fraction of sp³-hybridized carbons (Fsp3) is 0.412. The van der Waals surface area contributed by atoms with E-state index in [9.17, 15) is 13.6 Å². The van der Waals surface area contributed by atoms with Crippen molar-refractivity contribution >= 4 is 22.4 Å². The summed E-state index contributed by atoms with van der Waals surface area (Å²) in [5, 5.41) is 4.85. The van der Waals surface area contributed by atoms with Crippen LogP contribution in [0.3, 0.4) is 0 Å². The average Bonchev–Trinajstić information content (AvgIpc) is 3.21. The van der Waals surface area contributed by atoms with Crippen LogP contribution >= 0.6 is 11.3 Å². The number of nitrogens with zero attached hydrogens (tertiary/aromatic N) is 2. The SMILES string of the molecule is CN(CC(=O)Nc1nc(-c2ccc(F)c(F)c2)cs1)CC1CCCO1. The summed E-state index contributed by atoms with van der Waals surface area (Å²) in [6.45, 7) is 1.74. The van der Waals surface area contributed by atoms with Crippen molar-refractivity contribution in [2.75, 3.05) is 32.1 Å². The van der Waals surface area contributed by atoms with Gasteiger partial charge in [0.2, 0.25) is 5.91 Å². The molecule has 5 nitrogen and oxygen atoms in total. The first-order valence-electron chi connectivity index (χ1n) is 8.02. The third kappa shape index (κ3) is 4.81. The molecule has 1 unspecified atom stereocenters. The van der Waals surface area contributed by atoms with Gasteiger partial charge in [-0.05, 0) is 38.1 Å². The van der Waals surface area contributed by atoms with E-state index >= 15 is 0 Å². The van der Waals surface area contributed by atoms with Gasteiger partial charge in [0.1, 0.15) is 0 Å². The van der Waals surface area contributed by atoms with Crippen LogP contribution in [0.25, 0.3) is 11.3 Å². The molecule has 1 fully saturated rings. The van der Waals surface area contributed by atoms with Gasteiger partial charge < -0.3 is 10.1 Å². The van der Waals surface area contributed by atoms with E-state index in [-0.39, 0.29) is 18.6 Å². The van der Waals surface area contributed by atoms with E-state index in [0.717, 1.165) is 31.6 Å². The van der Waals surface area contributed by atoms with Gasteiger partial charge in [-0.25, -0.2) is 13.8 Å². The van der Waals surface area contributed by atoms with E-state index in [4.69, 9.17) is 4.74 Å². The Morgan fingerprint density at radius 1 is 1.44 bits per heavy atom. The molecule has 0 bridgehead atoms. The Bertz CT molecular complexity index is 747. The Morgan fingerprint density at radius 3 is 3.00 bits per heavy atom. The van der Waals surface area contributed by atoms with Crippen LogP contribution in [0, 0.1) is 11.6 Å². The van der Waals surface area contributed by atoms with Crippen LogP contribution < -0.4 is 5.32 Å². The summed E-state index contributed by atoms with van der Waals surface area (Å²) in [6, 6.07) is 3.60. The topological polar surface area (TPSA) is 54.5 Å². The molecule has 0 saturated carbocycles. The summed E-state index contributed by atoms with van der Waals surface area (Å²) in [5.41, 5.74) is 0.957. The largest absolute Gasteiger partial charge is 0.377 e. The zero-order chi connectivity index (χ0) is 17.8. The lowest BCUT2D eigenvalue weighted by Crippen LogP contribution is -2.35. The Balaban J connectivity index is 1.55. The Kier molecular flexibility index (Phi) is 5.72. The molecule has 25 heavy (non-hydrogen) atoms. The number of carbonyl (C=O) groups is 1. The van der Waals surface area contributed by atoms with E-state index in [1.165, 1.54) is 17.4 Å². The van der Waals surface area contributed by atoms with Crippen molar-refractivity contribution in [2.45, 2.75) is 18.9 Å². The van der Waals surface area contributed by atoms with Gasteiger partial charge >= 0.3 is 0 Å². The van der Waals surface area contributed by atoms with E-state index < -0.39 is 11.6 Å². The molecule has 2 heterocycles. The number of rotatable bonds is 6. The number of likely N-dealkylation sites (N-methyl/N-ethyl adjacent to an activating group) is 1. The molecule has 0 radical (unpaired) electrons. The van der Waals surface area contributed by atoms with E-state index in [2.05, 4.69) is 10.3 Å². The number of halogens is 2. The minimum Gasteiger partial charge on any atom is -0.377 e. The first-order chi connectivity index (χ1) is 12.0. The maximum absolute atomic E-state index is 13.3. The summed E-state index contributed by atoms with van der Waals surface area (Å²) < 4.78 is 31.9. The van der Waals surface area contributed by atoms with Crippen LogP contribution in [-0.4, -0.2) is 48.6 Å². The van der Waals surface area contributed by atoms with Crippen LogP contribution in [0.5, 0.6) is 0 Å². The van der Waals surface area contributed by atoms with Crippen LogP contribution in [-0.2, 0) is 9.53 Å². The maximum Gasteiger partial charge on any atom is 0.240 e. The van der Waals surface area contributed by atoms with Gasteiger partial charge in [-0.1, -0.05) is 0 Å². The number of anilines is 1. The summed E-state index contributed by atoms with van der Waals surface area (Å²) >= 11 is 1.24. The molecule has 8 heteroatoms. The predicted octanol–water partition coefficient (Wildman–Crippen LogP) is 3.14. The van der Waals surface area contributed by atoms with Gasteiger partial charge in [0.15, 0.2) is 16.8 Å². The highest BCUT2D eigenvalue weighted by atomic mass is 32.1. The van der Waals surface area contributed by atoms with Gasteiger partial charge in [0.05, 0.1) is 18.3 Å². The van der Waals surface area contributed by atoms with Crippen molar-refractivity contribution in [3.63, 3.8) is 0 Å². The summed E-state index contributed by atoms with van der Waals surface area (Å²) in [7, 11) is 1.87. The summed E-state index contributed by atoms with van der Waals surface area (Å²) in [4.78, 5) is 18.3. The zero-order valence-corrected chi connectivity index (χ0v) is 14.6. The van der Waals surface area contributed by atoms with Crippen molar-refractivity contribution in [3.8, 4) is 11.3 Å². The third-order valence-electron chi connectivity index (χ3n) is 3.92. The molecule has 1 aromatic heterocycles. The van der Waals surface area contributed by atoms with Crippen LogP contribution in [0.1, 0.15) is 12.8 Å². The van der Waals surface area contributed by atoms with Crippen molar-refractivity contribution in [1.82, 2.24) is 9.88 Å². The minimum atomic E-state index is -0.924. The van der Waals surface area contributed by atoms with Gasteiger partial charge in [-0.15, -0.1) is 11.3 Å². The lowest BCUT2D eigenvalue weighted by atomic mass is 10.2. The molecule has 3 rings (SSSR count). The number of carbonyl (C=O) groups excluding carboxylic acids is 1. The van der Waals surface area contributed by atoms with Crippen molar-refractivity contribution in [1.29, 1.82) is 0 Å². The van der Waals surface area contributed by atoms with E-state index in [1.54, 1.807) is 5.38 Å². The maximum atomic E-state index is 13.3. The molecule has 1 aliphatic rings. The van der Waals surface area contributed by atoms with Crippen molar-refractivity contribution in [2.24, 2.45) is 0 Å². The normalized spacial score (nSPS) is 17.2. The number of ether oxygens (including phenoxy) is 1. The van der Waals surface area contributed by atoms with Crippen LogP contribution in [0.15, 0.2) is 23.6 Å². The van der Waals surface area contributed by atoms with Crippen LogP contribution in [0.4, 0.5) is 13.9 Å². The number of hydrogen-bond acceptors (Lipinski definition) is 5. The molecule has 0 spiro atoms. The van der Waals surface area contributed by atoms with Crippen molar-refractivity contribution < 1.29 is 18.3 Å². The molecule has 0 aliphatic carbocycles. The van der Waals surface area contributed by atoms with Gasteiger partial charge in [0.25, 0.3) is 0 Å². The molecular formula is C17H19F2N3O2S. The first-order valence-corrected chi connectivity index (χ1v) is 8.90.